The summed E-state index contributed by atoms with van der Waals surface area (Å²) in [5.74, 6) is 1.24. The number of rotatable bonds is 2. The Kier molecular flexibility index (Phi) is 2.14. The van der Waals surface area contributed by atoms with Crippen molar-refractivity contribution in [3.63, 3.8) is 0 Å². The molecule has 1 saturated carbocycles. The first-order valence-corrected chi connectivity index (χ1v) is 6.31. The number of para-hydroxylation sites is 1. The van der Waals surface area contributed by atoms with Gasteiger partial charge < -0.3 is 10.3 Å². The number of fused-ring (bicyclic) bond motifs is 1. The maximum absolute atomic E-state index is 5.89. The van der Waals surface area contributed by atoms with Crippen LogP contribution in [0.25, 0.3) is 10.9 Å². The van der Waals surface area contributed by atoms with Gasteiger partial charge >= 0.3 is 0 Å². The third kappa shape index (κ3) is 1.37. The number of nitrogens with zero attached hydrogens (tertiary/aromatic N) is 1. The first-order valence-electron chi connectivity index (χ1n) is 6.31. The van der Waals surface area contributed by atoms with Gasteiger partial charge in [0.1, 0.15) is 0 Å². The summed E-state index contributed by atoms with van der Waals surface area (Å²) in [5.41, 5.74) is 9.09. The molecule has 2 heteroatoms. The van der Waals surface area contributed by atoms with E-state index in [-0.39, 0.29) is 0 Å². The van der Waals surface area contributed by atoms with Crippen molar-refractivity contribution in [2.45, 2.75) is 19.8 Å². The normalized spacial score (nSPS) is 26.4. The van der Waals surface area contributed by atoms with Gasteiger partial charge in [0.2, 0.25) is 0 Å². The van der Waals surface area contributed by atoms with Gasteiger partial charge in [-0.2, -0.15) is 0 Å². The molecule has 1 aliphatic rings. The van der Waals surface area contributed by atoms with Crippen LogP contribution in [-0.2, 0) is 7.05 Å². The molecule has 0 spiro atoms. The second-order valence-corrected chi connectivity index (χ2v) is 5.85. The predicted molar refractivity (Wildman–Crippen MR) is 72.0 cm³/mol. The molecule has 90 valence electrons. The highest BCUT2D eigenvalue weighted by atomic mass is 14.9. The standard InChI is InChI=1S/C15H20N2/c1-15(2)12(9-16)13(15)11-6-4-5-10-7-8-17(3)14(10)11/h4-8,12-13H,9,16H2,1-3H3/t12-,13-/m0/s1. The topological polar surface area (TPSA) is 30.9 Å². The molecule has 3 rings (SSSR count). The lowest BCUT2D eigenvalue weighted by atomic mass is 10.0. The van der Waals surface area contributed by atoms with E-state index in [4.69, 9.17) is 5.73 Å². The number of hydrogen-bond donors (Lipinski definition) is 1. The molecule has 0 aliphatic heterocycles. The van der Waals surface area contributed by atoms with Gasteiger partial charge in [-0.15, -0.1) is 0 Å². The molecule has 2 aromatic rings. The zero-order chi connectivity index (χ0) is 12.2. The number of aromatic nitrogens is 1. The Labute approximate surface area is 102 Å². The van der Waals surface area contributed by atoms with Crippen LogP contribution in [0.15, 0.2) is 30.5 Å². The van der Waals surface area contributed by atoms with Gasteiger partial charge in [0, 0.05) is 13.2 Å². The smallest absolute Gasteiger partial charge is 0.0513 e. The minimum atomic E-state index is 0.354. The maximum atomic E-state index is 5.89. The van der Waals surface area contributed by atoms with Crippen molar-refractivity contribution in [2.75, 3.05) is 6.54 Å². The molecule has 0 radical (unpaired) electrons. The van der Waals surface area contributed by atoms with Crippen LogP contribution in [0.3, 0.4) is 0 Å². The maximum Gasteiger partial charge on any atom is 0.0513 e. The summed E-state index contributed by atoms with van der Waals surface area (Å²) in [6.45, 7) is 5.45. The Morgan fingerprint density at radius 2 is 2.06 bits per heavy atom. The highest BCUT2D eigenvalue weighted by Gasteiger charge is 2.57. The van der Waals surface area contributed by atoms with Crippen molar-refractivity contribution in [1.29, 1.82) is 0 Å². The Morgan fingerprint density at radius 3 is 2.71 bits per heavy atom. The lowest BCUT2D eigenvalue weighted by molar-refractivity contribution is 0.559. The number of nitrogens with two attached hydrogens (primary N) is 1. The van der Waals surface area contributed by atoms with Crippen molar-refractivity contribution in [3.05, 3.63) is 36.0 Å². The molecule has 0 saturated heterocycles. The molecule has 0 amide bonds. The van der Waals surface area contributed by atoms with Crippen LogP contribution in [0.2, 0.25) is 0 Å². The fourth-order valence-corrected chi connectivity index (χ4v) is 3.44. The summed E-state index contributed by atoms with van der Waals surface area (Å²) in [7, 11) is 2.12. The third-order valence-electron chi connectivity index (χ3n) is 4.57. The van der Waals surface area contributed by atoms with Gasteiger partial charge in [-0.3, -0.25) is 0 Å². The van der Waals surface area contributed by atoms with Gasteiger partial charge in [0.15, 0.2) is 0 Å². The lowest BCUT2D eigenvalue weighted by Gasteiger charge is -2.07. The number of benzene rings is 1. The van der Waals surface area contributed by atoms with Crippen LogP contribution in [0, 0.1) is 11.3 Å². The zero-order valence-corrected chi connectivity index (χ0v) is 10.8. The van der Waals surface area contributed by atoms with Crippen molar-refractivity contribution >= 4 is 10.9 Å². The summed E-state index contributed by atoms with van der Waals surface area (Å²) >= 11 is 0. The van der Waals surface area contributed by atoms with Gasteiger partial charge in [0.25, 0.3) is 0 Å². The molecular weight excluding hydrogens is 208 g/mol. The van der Waals surface area contributed by atoms with Crippen molar-refractivity contribution in [2.24, 2.45) is 24.1 Å². The Morgan fingerprint density at radius 1 is 1.29 bits per heavy atom. The SMILES string of the molecule is Cn1ccc2cccc([C@H]3[C@H](CN)C3(C)C)c21. The van der Waals surface area contributed by atoms with Crippen LogP contribution in [-0.4, -0.2) is 11.1 Å². The van der Waals surface area contributed by atoms with E-state index < -0.39 is 0 Å². The van der Waals surface area contributed by atoms with E-state index in [1.807, 2.05) is 0 Å². The van der Waals surface area contributed by atoms with Gasteiger partial charge in [-0.1, -0.05) is 32.0 Å². The minimum Gasteiger partial charge on any atom is -0.350 e. The molecule has 2 nitrogen and oxygen atoms in total. The van der Waals surface area contributed by atoms with E-state index in [0.29, 0.717) is 17.3 Å². The number of hydrogen-bond acceptors (Lipinski definition) is 1. The molecule has 1 aliphatic carbocycles. The van der Waals surface area contributed by atoms with E-state index >= 15 is 0 Å². The van der Waals surface area contributed by atoms with Crippen molar-refractivity contribution < 1.29 is 0 Å². The van der Waals surface area contributed by atoms with Gasteiger partial charge in [0.05, 0.1) is 5.52 Å². The van der Waals surface area contributed by atoms with Crippen molar-refractivity contribution in [3.8, 4) is 0 Å². The zero-order valence-electron chi connectivity index (χ0n) is 10.8. The highest BCUT2D eigenvalue weighted by Crippen LogP contribution is 2.64. The second kappa shape index (κ2) is 3.36. The summed E-state index contributed by atoms with van der Waals surface area (Å²) in [6, 6.07) is 8.81. The van der Waals surface area contributed by atoms with Gasteiger partial charge in [-0.05, 0) is 40.8 Å². The molecule has 2 atom stereocenters. The summed E-state index contributed by atoms with van der Waals surface area (Å²) in [4.78, 5) is 0. The monoisotopic (exact) mass is 228 g/mol. The molecule has 0 bridgehead atoms. The summed E-state index contributed by atoms with van der Waals surface area (Å²) in [6.07, 6.45) is 2.14. The predicted octanol–water partition coefficient (Wildman–Crippen LogP) is 2.88. The number of aryl methyl sites for hydroxylation is 1. The summed E-state index contributed by atoms with van der Waals surface area (Å²) < 4.78 is 2.23. The van der Waals surface area contributed by atoms with Crippen LogP contribution in [0.5, 0.6) is 0 Å². The fraction of sp³-hybridized carbons (Fsp3) is 0.467. The van der Waals surface area contributed by atoms with Crippen LogP contribution in [0.4, 0.5) is 0 Å². The first kappa shape index (κ1) is 10.8. The van der Waals surface area contributed by atoms with Gasteiger partial charge in [-0.25, -0.2) is 0 Å². The van der Waals surface area contributed by atoms with Crippen LogP contribution < -0.4 is 5.73 Å². The molecule has 2 N–H and O–H groups in total. The molecule has 17 heavy (non-hydrogen) atoms. The quantitative estimate of drug-likeness (QED) is 0.842. The highest BCUT2D eigenvalue weighted by molar-refractivity contribution is 5.84. The average molecular weight is 228 g/mol. The van der Waals surface area contributed by atoms with E-state index in [9.17, 15) is 0 Å². The minimum absolute atomic E-state index is 0.354. The molecule has 0 unspecified atom stereocenters. The average Bonchev–Trinajstić information content (AvgIpc) is 2.64. The van der Waals surface area contributed by atoms with E-state index in [2.05, 4.69) is 55.9 Å². The van der Waals surface area contributed by atoms with Crippen LogP contribution in [0.1, 0.15) is 25.3 Å². The Hall–Kier alpha value is -1.28. The molecular formula is C15H20N2. The van der Waals surface area contributed by atoms with Crippen LogP contribution >= 0.6 is 0 Å². The van der Waals surface area contributed by atoms with E-state index in [1.165, 1.54) is 16.5 Å². The molecule has 1 heterocycles. The van der Waals surface area contributed by atoms with E-state index in [1.54, 1.807) is 0 Å². The first-order chi connectivity index (χ1) is 8.07. The van der Waals surface area contributed by atoms with Crippen molar-refractivity contribution in [1.82, 2.24) is 4.57 Å². The summed E-state index contributed by atoms with van der Waals surface area (Å²) in [5, 5.41) is 1.34. The molecule has 1 aromatic heterocycles. The molecule has 1 aromatic carbocycles. The largest absolute Gasteiger partial charge is 0.350 e. The molecule has 1 fully saturated rings. The Balaban J connectivity index is 2.16. The lowest BCUT2D eigenvalue weighted by Crippen LogP contribution is -2.05. The second-order valence-electron chi connectivity index (χ2n) is 5.85. The fourth-order valence-electron chi connectivity index (χ4n) is 3.44. The van der Waals surface area contributed by atoms with E-state index in [0.717, 1.165) is 6.54 Å². The third-order valence-corrected chi connectivity index (χ3v) is 4.57. The Bertz CT molecular complexity index is 565.